The van der Waals surface area contributed by atoms with Gasteiger partial charge in [-0.25, -0.2) is 15.0 Å². The van der Waals surface area contributed by atoms with Gasteiger partial charge in [0, 0.05) is 13.5 Å². The van der Waals surface area contributed by atoms with Crippen LogP contribution in [0.2, 0.25) is 0 Å². The first-order chi connectivity index (χ1) is 13.0. The Hall–Kier alpha value is -1.85. The van der Waals surface area contributed by atoms with Crippen molar-refractivity contribution < 1.29 is 27.6 Å². The van der Waals surface area contributed by atoms with Crippen LogP contribution < -0.4 is 0 Å². The summed E-state index contributed by atoms with van der Waals surface area (Å²) in [6, 6.07) is 9.67. The Morgan fingerprint density at radius 2 is 1.54 bits per heavy atom. The lowest BCUT2D eigenvalue weighted by atomic mass is 10.1. The molecule has 2 aromatic rings. The van der Waals surface area contributed by atoms with E-state index < -0.39 is 24.8 Å². The molecule has 6 nitrogen and oxygen atoms in total. The van der Waals surface area contributed by atoms with Crippen LogP contribution in [0.1, 0.15) is 33.8 Å². The molecule has 0 saturated heterocycles. The average Bonchev–Trinajstić information content (AvgIpc) is 2.64. The topological polar surface area (TPSA) is 72.4 Å². The number of rotatable bonds is 5. The van der Waals surface area contributed by atoms with Gasteiger partial charge in [-0.1, -0.05) is 12.1 Å². The molecule has 2 rings (SSSR count). The third kappa shape index (κ3) is 8.89. The standard InChI is InChI=1S/C9H7BrF3NO.C8H9BrN2O2/c10-8-3-1-2-6(14-8)7(15)4-5-9(11,12)13;1-11(13-2)8(12)6-4-3-5-7(9)10-6/h1-3H,4-5H2;3-5H,1-2H3. The Labute approximate surface area is 176 Å². The summed E-state index contributed by atoms with van der Waals surface area (Å²) in [6.07, 6.45) is -5.98. The number of hydrogen-bond donors (Lipinski definition) is 0. The van der Waals surface area contributed by atoms with Crippen LogP contribution in [0.25, 0.3) is 0 Å². The summed E-state index contributed by atoms with van der Waals surface area (Å²) >= 11 is 6.21. The summed E-state index contributed by atoms with van der Waals surface area (Å²) in [5, 5.41) is 1.12. The summed E-state index contributed by atoms with van der Waals surface area (Å²) in [4.78, 5) is 35.2. The van der Waals surface area contributed by atoms with Gasteiger partial charge in [-0.2, -0.15) is 13.2 Å². The molecule has 11 heteroatoms. The molecule has 0 radical (unpaired) electrons. The number of amides is 1. The maximum atomic E-state index is 11.8. The maximum Gasteiger partial charge on any atom is 0.389 e. The number of aromatic nitrogens is 2. The van der Waals surface area contributed by atoms with Gasteiger partial charge < -0.3 is 0 Å². The second kappa shape index (κ2) is 11.2. The summed E-state index contributed by atoms with van der Waals surface area (Å²) in [5.41, 5.74) is 0.396. The van der Waals surface area contributed by atoms with Crippen LogP contribution in [-0.2, 0) is 4.84 Å². The Bertz CT molecular complexity index is 819. The van der Waals surface area contributed by atoms with E-state index in [-0.39, 0.29) is 11.6 Å². The third-order valence-electron chi connectivity index (χ3n) is 3.13. The van der Waals surface area contributed by atoms with Gasteiger partial charge in [-0.15, -0.1) is 0 Å². The highest BCUT2D eigenvalue weighted by Crippen LogP contribution is 2.22. The molecule has 0 spiro atoms. The van der Waals surface area contributed by atoms with Crippen LogP contribution in [-0.4, -0.2) is 47.1 Å². The largest absolute Gasteiger partial charge is 0.389 e. The van der Waals surface area contributed by atoms with Gasteiger partial charge in [0.25, 0.3) is 5.91 Å². The molecule has 0 atom stereocenters. The fourth-order valence-corrected chi connectivity index (χ4v) is 2.41. The smallest absolute Gasteiger partial charge is 0.292 e. The zero-order chi connectivity index (χ0) is 21.3. The number of halogens is 5. The third-order valence-corrected chi connectivity index (χ3v) is 4.01. The quantitative estimate of drug-likeness (QED) is 0.316. The highest BCUT2D eigenvalue weighted by molar-refractivity contribution is 9.10. The van der Waals surface area contributed by atoms with Gasteiger partial charge >= 0.3 is 6.18 Å². The van der Waals surface area contributed by atoms with E-state index in [2.05, 4.69) is 41.8 Å². The van der Waals surface area contributed by atoms with Gasteiger partial charge in [-0.3, -0.25) is 14.4 Å². The number of Topliss-reactive ketones (excluding diaryl/α,β-unsaturated/α-hetero) is 1. The van der Waals surface area contributed by atoms with Gasteiger partial charge in [0.15, 0.2) is 5.78 Å². The van der Waals surface area contributed by atoms with Crippen molar-refractivity contribution in [3.05, 3.63) is 57.0 Å². The molecule has 152 valence electrons. The lowest BCUT2D eigenvalue weighted by Gasteiger charge is -2.12. The van der Waals surface area contributed by atoms with E-state index >= 15 is 0 Å². The number of alkyl halides is 3. The minimum Gasteiger partial charge on any atom is -0.292 e. The molecular weight excluding hydrogens is 511 g/mol. The summed E-state index contributed by atoms with van der Waals surface area (Å²) in [5.74, 6) is -0.877. The van der Waals surface area contributed by atoms with E-state index in [1.807, 2.05) is 0 Å². The highest BCUT2D eigenvalue weighted by Gasteiger charge is 2.28. The maximum absolute atomic E-state index is 11.8. The number of hydroxylamine groups is 2. The number of ketones is 1. The number of nitrogens with zero attached hydrogens (tertiary/aromatic N) is 3. The van der Waals surface area contributed by atoms with Gasteiger partial charge in [0.1, 0.15) is 20.6 Å². The number of hydrogen-bond acceptors (Lipinski definition) is 5. The van der Waals surface area contributed by atoms with Gasteiger partial charge in [0.05, 0.1) is 13.5 Å². The fraction of sp³-hybridized carbons (Fsp3) is 0.294. The molecule has 0 bridgehead atoms. The lowest BCUT2D eigenvalue weighted by Crippen LogP contribution is -2.26. The molecule has 0 fully saturated rings. The first kappa shape index (κ1) is 24.2. The van der Waals surface area contributed by atoms with Crippen molar-refractivity contribution >= 4 is 43.6 Å². The Balaban J connectivity index is 0.000000283. The first-order valence-electron chi connectivity index (χ1n) is 7.70. The zero-order valence-electron chi connectivity index (χ0n) is 14.8. The Morgan fingerprint density at radius 1 is 1.04 bits per heavy atom. The SMILES string of the molecule is CON(C)C(=O)c1cccc(Br)n1.O=C(CCC(F)(F)F)c1cccc(Br)n1. The molecule has 1 amide bonds. The predicted molar refractivity (Wildman–Crippen MR) is 103 cm³/mol. The second-order valence-electron chi connectivity index (χ2n) is 5.21. The van der Waals surface area contributed by atoms with E-state index in [0.717, 1.165) is 5.06 Å². The van der Waals surface area contributed by atoms with Crippen molar-refractivity contribution in [2.24, 2.45) is 0 Å². The zero-order valence-corrected chi connectivity index (χ0v) is 18.0. The van der Waals surface area contributed by atoms with Crippen LogP contribution in [0.5, 0.6) is 0 Å². The summed E-state index contributed by atoms with van der Waals surface area (Å²) in [6.45, 7) is 0. The molecule has 2 heterocycles. The van der Waals surface area contributed by atoms with Crippen molar-refractivity contribution in [1.82, 2.24) is 15.0 Å². The van der Waals surface area contributed by atoms with E-state index in [4.69, 9.17) is 4.84 Å². The fourth-order valence-electron chi connectivity index (χ4n) is 1.72. The molecule has 0 aliphatic heterocycles. The van der Waals surface area contributed by atoms with Gasteiger partial charge in [-0.05, 0) is 56.1 Å². The van der Waals surface area contributed by atoms with Crippen molar-refractivity contribution in [2.45, 2.75) is 19.0 Å². The van der Waals surface area contributed by atoms with Crippen LogP contribution in [0.4, 0.5) is 13.2 Å². The molecule has 0 N–H and O–H groups in total. The molecular formula is C17H16Br2F3N3O3. The van der Waals surface area contributed by atoms with E-state index in [9.17, 15) is 22.8 Å². The van der Waals surface area contributed by atoms with E-state index in [0.29, 0.717) is 14.9 Å². The van der Waals surface area contributed by atoms with E-state index in [1.54, 1.807) is 30.3 Å². The Kier molecular flexibility index (Phi) is 9.70. The Morgan fingerprint density at radius 3 is 2.00 bits per heavy atom. The highest BCUT2D eigenvalue weighted by atomic mass is 79.9. The van der Waals surface area contributed by atoms with Gasteiger partial charge in [0.2, 0.25) is 0 Å². The second-order valence-corrected chi connectivity index (χ2v) is 6.84. The number of carbonyl (C=O) groups is 2. The van der Waals surface area contributed by atoms with Crippen LogP contribution >= 0.6 is 31.9 Å². The molecule has 0 aromatic carbocycles. The molecule has 0 aliphatic rings. The summed E-state index contributed by atoms with van der Waals surface area (Å²) in [7, 11) is 2.96. The minimum atomic E-state index is -4.30. The number of pyridine rings is 2. The molecule has 0 saturated carbocycles. The number of carbonyl (C=O) groups excluding carboxylic acids is 2. The van der Waals surface area contributed by atoms with Crippen molar-refractivity contribution in [3.63, 3.8) is 0 Å². The normalized spacial score (nSPS) is 10.7. The molecule has 0 aliphatic carbocycles. The predicted octanol–water partition coefficient (Wildman–Crippen LogP) is 4.85. The minimum absolute atomic E-state index is 0.0497. The van der Waals surface area contributed by atoms with Crippen LogP contribution in [0, 0.1) is 0 Å². The van der Waals surface area contributed by atoms with Crippen LogP contribution in [0.3, 0.4) is 0 Å². The monoisotopic (exact) mass is 525 g/mol. The molecule has 2 aromatic heterocycles. The lowest BCUT2D eigenvalue weighted by molar-refractivity contribution is -0.133. The average molecular weight is 527 g/mol. The summed E-state index contributed by atoms with van der Waals surface area (Å²) < 4.78 is 36.5. The molecule has 0 unspecified atom stereocenters. The van der Waals surface area contributed by atoms with Crippen molar-refractivity contribution in [3.8, 4) is 0 Å². The van der Waals surface area contributed by atoms with Crippen molar-refractivity contribution in [2.75, 3.05) is 14.2 Å². The van der Waals surface area contributed by atoms with Crippen molar-refractivity contribution in [1.29, 1.82) is 0 Å². The van der Waals surface area contributed by atoms with Crippen LogP contribution in [0.15, 0.2) is 45.6 Å². The molecule has 28 heavy (non-hydrogen) atoms. The van der Waals surface area contributed by atoms with E-state index in [1.165, 1.54) is 20.2 Å². The first-order valence-corrected chi connectivity index (χ1v) is 9.29.